The summed E-state index contributed by atoms with van der Waals surface area (Å²) in [6, 6.07) is 13.4. The molecule has 1 aliphatic heterocycles. The third-order valence-electron chi connectivity index (χ3n) is 5.53. The van der Waals surface area contributed by atoms with E-state index in [-0.39, 0.29) is 24.1 Å². The summed E-state index contributed by atoms with van der Waals surface area (Å²) >= 11 is 0. The summed E-state index contributed by atoms with van der Waals surface area (Å²) in [7, 11) is 0. The Balaban J connectivity index is 1.42. The van der Waals surface area contributed by atoms with E-state index in [9.17, 15) is 9.90 Å². The summed E-state index contributed by atoms with van der Waals surface area (Å²) < 4.78 is 11.5. The molecular formula is C21H21N3O4. The highest BCUT2D eigenvalue weighted by Crippen LogP contribution is 2.54. The molecule has 0 radical (unpaired) electrons. The van der Waals surface area contributed by atoms with E-state index in [2.05, 4.69) is 10.2 Å². The van der Waals surface area contributed by atoms with Crippen LogP contribution in [0.3, 0.4) is 0 Å². The number of carbonyl (C=O) groups is 1. The number of rotatable bonds is 6. The van der Waals surface area contributed by atoms with Crippen LogP contribution in [0.5, 0.6) is 5.75 Å². The standard InChI is InChI=1S/C21H21N3O4/c25-10-7-14-5-6-19(27-13-15-12-21(8-9-21)20(26)28-15)18(11-14)24-22-16-3-1-2-4-17(16)23-24/h1-6,11,15,25H,7-10,12-13H2/t15-/m1/s1. The maximum atomic E-state index is 12.0. The second-order valence-corrected chi connectivity index (χ2v) is 7.58. The average Bonchev–Trinajstić information content (AvgIpc) is 3.24. The summed E-state index contributed by atoms with van der Waals surface area (Å²) in [5.41, 5.74) is 3.02. The first-order valence-corrected chi connectivity index (χ1v) is 9.57. The van der Waals surface area contributed by atoms with Gasteiger partial charge in [-0.15, -0.1) is 15.0 Å². The Morgan fingerprint density at radius 1 is 1.18 bits per heavy atom. The van der Waals surface area contributed by atoms with Crippen molar-refractivity contribution in [1.29, 1.82) is 0 Å². The topological polar surface area (TPSA) is 86.5 Å². The molecule has 2 heterocycles. The van der Waals surface area contributed by atoms with Crippen molar-refractivity contribution in [3.05, 3.63) is 48.0 Å². The Bertz CT molecular complexity index is 1010. The van der Waals surface area contributed by atoms with Crippen LogP contribution in [-0.4, -0.2) is 45.4 Å². The van der Waals surface area contributed by atoms with E-state index in [0.29, 0.717) is 24.5 Å². The quantitative estimate of drug-likeness (QED) is 0.662. The van der Waals surface area contributed by atoms with Crippen LogP contribution in [0.1, 0.15) is 24.8 Å². The van der Waals surface area contributed by atoms with Crippen LogP contribution in [0.25, 0.3) is 16.7 Å². The summed E-state index contributed by atoms with van der Waals surface area (Å²) in [5.74, 6) is 0.536. The SMILES string of the molecule is O=C1O[C@@H](COc2ccc(CCO)cc2-n2nc3ccccc3n2)CC12CC2. The van der Waals surface area contributed by atoms with Crippen LogP contribution in [0, 0.1) is 5.41 Å². The molecule has 2 aromatic carbocycles. The monoisotopic (exact) mass is 379 g/mol. The van der Waals surface area contributed by atoms with Gasteiger partial charge in [-0.05, 0) is 49.1 Å². The Labute approximate surface area is 161 Å². The number of fused-ring (bicyclic) bond motifs is 1. The van der Waals surface area contributed by atoms with Gasteiger partial charge in [0.05, 0.1) is 5.41 Å². The lowest BCUT2D eigenvalue weighted by Crippen LogP contribution is -2.18. The van der Waals surface area contributed by atoms with Crippen LogP contribution in [0.4, 0.5) is 0 Å². The van der Waals surface area contributed by atoms with Gasteiger partial charge in [0.1, 0.15) is 35.2 Å². The van der Waals surface area contributed by atoms with Crippen molar-refractivity contribution in [2.24, 2.45) is 5.41 Å². The number of esters is 1. The van der Waals surface area contributed by atoms with Crippen LogP contribution < -0.4 is 4.74 Å². The molecule has 1 spiro atoms. The lowest BCUT2D eigenvalue weighted by Gasteiger charge is -2.15. The molecule has 0 bridgehead atoms. The van der Waals surface area contributed by atoms with Crippen molar-refractivity contribution < 1.29 is 19.4 Å². The number of aliphatic hydroxyl groups is 1. The summed E-state index contributed by atoms with van der Waals surface area (Å²) in [6.07, 6.45) is 2.90. The van der Waals surface area contributed by atoms with E-state index in [1.54, 1.807) is 4.80 Å². The molecule has 1 saturated heterocycles. The van der Waals surface area contributed by atoms with Gasteiger partial charge in [-0.3, -0.25) is 4.79 Å². The number of hydrogen-bond acceptors (Lipinski definition) is 6. The van der Waals surface area contributed by atoms with Gasteiger partial charge in [0.25, 0.3) is 0 Å². The van der Waals surface area contributed by atoms with E-state index in [4.69, 9.17) is 9.47 Å². The largest absolute Gasteiger partial charge is 0.487 e. The molecule has 0 unspecified atom stereocenters. The van der Waals surface area contributed by atoms with E-state index in [1.807, 2.05) is 42.5 Å². The predicted octanol–water partition coefficient (Wildman–Crippen LogP) is 2.43. The van der Waals surface area contributed by atoms with Crippen LogP contribution in [0.15, 0.2) is 42.5 Å². The second kappa shape index (κ2) is 6.60. The van der Waals surface area contributed by atoms with Gasteiger partial charge in [-0.2, -0.15) is 0 Å². The van der Waals surface area contributed by atoms with Crippen molar-refractivity contribution in [1.82, 2.24) is 15.0 Å². The molecule has 28 heavy (non-hydrogen) atoms. The maximum absolute atomic E-state index is 12.0. The first kappa shape index (κ1) is 17.2. The van der Waals surface area contributed by atoms with Crippen molar-refractivity contribution in [2.75, 3.05) is 13.2 Å². The van der Waals surface area contributed by atoms with Gasteiger partial charge >= 0.3 is 5.97 Å². The number of cyclic esters (lactones) is 1. The normalized spacial score (nSPS) is 19.9. The van der Waals surface area contributed by atoms with Gasteiger partial charge in [0, 0.05) is 13.0 Å². The number of ether oxygens (including phenoxy) is 2. The van der Waals surface area contributed by atoms with Gasteiger partial charge in [-0.25, -0.2) is 0 Å². The van der Waals surface area contributed by atoms with Gasteiger partial charge in [0.15, 0.2) is 0 Å². The zero-order valence-electron chi connectivity index (χ0n) is 15.4. The first-order valence-electron chi connectivity index (χ1n) is 9.57. The third-order valence-corrected chi connectivity index (χ3v) is 5.53. The number of aromatic nitrogens is 3. The molecule has 1 atom stereocenters. The van der Waals surface area contributed by atoms with Crippen LogP contribution >= 0.6 is 0 Å². The Morgan fingerprint density at radius 2 is 1.93 bits per heavy atom. The fourth-order valence-electron chi connectivity index (χ4n) is 3.77. The molecule has 1 saturated carbocycles. The molecule has 2 aliphatic rings. The number of nitrogens with zero attached hydrogens (tertiary/aromatic N) is 3. The molecular weight excluding hydrogens is 358 g/mol. The Kier molecular flexibility index (Phi) is 4.05. The number of aliphatic hydroxyl groups excluding tert-OH is 1. The Morgan fingerprint density at radius 3 is 2.57 bits per heavy atom. The van der Waals surface area contributed by atoms with Crippen molar-refractivity contribution >= 4 is 17.0 Å². The molecule has 7 heteroatoms. The van der Waals surface area contributed by atoms with Crippen molar-refractivity contribution in [2.45, 2.75) is 31.8 Å². The molecule has 2 fully saturated rings. The fraction of sp³-hybridized carbons (Fsp3) is 0.381. The fourth-order valence-corrected chi connectivity index (χ4v) is 3.77. The molecule has 1 N–H and O–H groups in total. The highest BCUT2D eigenvalue weighted by atomic mass is 16.6. The van der Waals surface area contributed by atoms with E-state index in [0.717, 1.165) is 35.9 Å². The van der Waals surface area contributed by atoms with Crippen molar-refractivity contribution in [3.63, 3.8) is 0 Å². The summed E-state index contributed by atoms with van der Waals surface area (Å²) in [6.45, 7) is 0.370. The molecule has 1 aliphatic carbocycles. The summed E-state index contributed by atoms with van der Waals surface area (Å²) in [4.78, 5) is 13.5. The molecule has 0 amide bonds. The molecule has 1 aromatic heterocycles. The van der Waals surface area contributed by atoms with Gasteiger partial charge in [-0.1, -0.05) is 18.2 Å². The number of hydrogen-bond donors (Lipinski definition) is 1. The average molecular weight is 379 g/mol. The lowest BCUT2D eigenvalue weighted by atomic mass is 10.0. The third kappa shape index (κ3) is 3.01. The highest BCUT2D eigenvalue weighted by molar-refractivity contribution is 5.82. The number of carbonyl (C=O) groups excluding carboxylic acids is 1. The lowest BCUT2D eigenvalue weighted by molar-refractivity contribution is -0.146. The van der Waals surface area contributed by atoms with E-state index < -0.39 is 0 Å². The minimum Gasteiger partial charge on any atom is -0.487 e. The Hall–Kier alpha value is -2.93. The smallest absolute Gasteiger partial charge is 0.312 e. The first-order chi connectivity index (χ1) is 13.7. The molecule has 144 valence electrons. The minimum absolute atomic E-state index is 0.0638. The van der Waals surface area contributed by atoms with Crippen LogP contribution in [0.2, 0.25) is 0 Å². The summed E-state index contributed by atoms with van der Waals surface area (Å²) in [5, 5.41) is 18.4. The molecule has 5 rings (SSSR count). The minimum atomic E-state index is -0.233. The zero-order valence-corrected chi connectivity index (χ0v) is 15.4. The zero-order chi connectivity index (χ0) is 19.1. The van der Waals surface area contributed by atoms with Gasteiger partial charge < -0.3 is 14.6 Å². The predicted molar refractivity (Wildman–Crippen MR) is 101 cm³/mol. The molecule has 7 nitrogen and oxygen atoms in total. The maximum Gasteiger partial charge on any atom is 0.312 e. The van der Waals surface area contributed by atoms with Crippen molar-refractivity contribution in [3.8, 4) is 11.4 Å². The van der Waals surface area contributed by atoms with E-state index in [1.165, 1.54) is 0 Å². The number of benzene rings is 2. The second-order valence-electron chi connectivity index (χ2n) is 7.58. The van der Waals surface area contributed by atoms with Gasteiger partial charge in [0.2, 0.25) is 0 Å². The molecule has 3 aromatic rings. The van der Waals surface area contributed by atoms with Crippen LogP contribution in [-0.2, 0) is 16.0 Å². The highest BCUT2D eigenvalue weighted by Gasteiger charge is 2.57. The van der Waals surface area contributed by atoms with E-state index >= 15 is 0 Å².